The van der Waals surface area contributed by atoms with Crippen molar-refractivity contribution in [3.8, 4) is 0 Å². The van der Waals surface area contributed by atoms with E-state index < -0.39 is 29.2 Å². The highest BCUT2D eigenvalue weighted by Crippen LogP contribution is 2.48. The second-order valence-corrected chi connectivity index (χ2v) is 10.4. The van der Waals surface area contributed by atoms with Crippen molar-refractivity contribution in [3.63, 3.8) is 0 Å². The molecule has 0 radical (unpaired) electrons. The van der Waals surface area contributed by atoms with Crippen LogP contribution in [-0.2, 0) is 26.3 Å². The van der Waals surface area contributed by atoms with Crippen molar-refractivity contribution >= 4 is 33.7 Å². The highest BCUT2D eigenvalue weighted by Gasteiger charge is 2.48. The van der Waals surface area contributed by atoms with E-state index in [1.54, 1.807) is 0 Å². The molecule has 39 heavy (non-hydrogen) atoms. The van der Waals surface area contributed by atoms with E-state index in [2.05, 4.69) is 32.6 Å². The lowest BCUT2D eigenvalue weighted by Gasteiger charge is -2.45. The molecule has 208 valence electrons. The summed E-state index contributed by atoms with van der Waals surface area (Å²) < 4.78 is 41.1. The largest absolute Gasteiger partial charge is 0.492 e. The van der Waals surface area contributed by atoms with E-state index in [-0.39, 0.29) is 5.91 Å². The summed E-state index contributed by atoms with van der Waals surface area (Å²) in [5.41, 5.74) is 7.19. The van der Waals surface area contributed by atoms with Gasteiger partial charge in [-0.25, -0.2) is 13.6 Å². The van der Waals surface area contributed by atoms with Crippen molar-refractivity contribution < 1.29 is 27.8 Å². The standard InChI is InChI=1S/C29H32BrF2N3O4/c1-18(36)35-13-11-19-6-2-3-7-21(19)27-26(30)22(8-4-5-15-38-27)23-17-34-14-12-29(23,39-28(33)37)20-9-10-24(31)25(32)16-20/h2-3,6-10,16,23,34H,4-5,11-15,17H2,1H3,(H2,33,37)(H,35,36). The average molecular weight is 604 g/mol. The first kappa shape index (κ1) is 28.8. The number of nitrogens with two attached hydrogens (primary N) is 1. The SMILES string of the molecule is CC(=O)NCCc1ccccc1C1=C(Br)C(C2CNCCC2(OC(N)=O)c2ccc(F)c(F)c2)=CCCCO1. The van der Waals surface area contributed by atoms with E-state index >= 15 is 0 Å². The third-order valence-electron chi connectivity index (χ3n) is 7.09. The monoisotopic (exact) mass is 603 g/mol. The number of benzene rings is 2. The number of halogens is 3. The van der Waals surface area contributed by atoms with E-state index in [1.807, 2.05) is 24.3 Å². The van der Waals surface area contributed by atoms with Crippen molar-refractivity contribution in [2.45, 2.75) is 38.2 Å². The molecule has 2 heterocycles. The lowest BCUT2D eigenvalue weighted by molar-refractivity contribution is -0.118. The first-order valence-electron chi connectivity index (χ1n) is 12.9. The Morgan fingerprint density at radius 1 is 1.23 bits per heavy atom. The van der Waals surface area contributed by atoms with Crippen LogP contribution in [0.25, 0.3) is 5.76 Å². The third kappa shape index (κ3) is 6.50. The molecule has 2 aromatic rings. The number of ether oxygens (including phenoxy) is 2. The molecule has 2 aliphatic rings. The van der Waals surface area contributed by atoms with Gasteiger partial charge in [0.2, 0.25) is 5.91 Å². The zero-order valence-electron chi connectivity index (χ0n) is 21.7. The van der Waals surface area contributed by atoms with Crippen LogP contribution in [0.1, 0.15) is 42.9 Å². The highest BCUT2D eigenvalue weighted by atomic mass is 79.9. The molecule has 2 aliphatic heterocycles. The zero-order chi connectivity index (χ0) is 28.0. The van der Waals surface area contributed by atoms with Gasteiger partial charge in [-0.3, -0.25) is 4.79 Å². The van der Waals surface area contributed by atoms with Gasteiger partial charge in [0, 0.05) is 37.9 Å². The van der Waals surface area contributed by atoms with Gasteiger partial charge in [-0.15, -0.1) is 0 Å². The molecule has 2 aromatic carbocycles. The van der Waals surface area contributed by atoms with Gasteiger partial charge < -0.3 is 25.8 Å². The van der Waals surface area contributed by atoms with Crippen molar-refractivity contribution in [3.05, 3.63) is 86.9 Å². The lowest BCUT2D eigenvalue weighted by atomic mass is 9.72. The minimum Gasteiger partial charge on any atom is -0.492 e. The van der Waals surface area contributed by atoms with Gasteiger partial charge in [0.1, 0.15) is 11.4 Å². The number of hydrogen-bond acceptors (Lipinski definition) is 5. The average Bonchev–Trinajstić information content (AvgIpc) is 2.89. The first-order valence-corrected chi connectivity index (χ1v) is 13.7. The Labute approximate surface area is 234 Å². The number of piperidine rings is 1. The van der Waals surface area contributed by atoms with Crippen LogP contribution in [0, 0.1) is 17.6 Å². The van der Waals surface area contributed by atoms with Gasteiger partial charge in [0.25, 0.3) is 0 Å². The van der Waals surface area contributed by atoms with E-state index in [0.717, 1.165) is 35.3 Å². The van der Waals surface area contributed by atoms with Gasteiger partial charge in [0.15, 0.2) is 11.6 Å². The Kier molecular flexibility index (Phi) is 9.40. The minimum atomic E-state index is -1.34. The molecule has 2 unspecified atom stereocenters. The number of hydrogen-bond donors (Lipinski definition) is 3. The molecule has 10 heteroatoms. The molecule has 4 rings (SSSR count). The Balaban J connectivity index is 1.84. The molecule has 0 bridgehead atoms. The van der Waals surface area contributed by atoms with Gasteiger partial charge in [-0.1, -0.05) is 36.4 Å². The van der Waals surface area contributed by atoms with Crippen molar-refractivity contribution in [1.82, 2.24) is 10.6 Å². The number of primary amides is 1. The fourth-order valence-electron chi connectivity index (χ4n) is 5.31. The number of rotatable bonds is 7. The fourth-order valence-corrected chi connectivity index (χ4v) is 6.08. The van der Waals surface area contributed by atoms with Gasteiger partial charge in [0.05, 0.1) is 11.1 Å². The molecule has 4 N–H and O–H groups in total. The smallest absolute Gasteiger partial charge is 0.405 e. The van der Waals surface area contributed by atoms with Crippen LogP contribution >= 0.6 is 15.9 Å². The molecular weight excluding hydrogens is 572 g/mol. The lowest BCUT2D eigenvalue weighted by Crippen LogP contribution is -2.52. The molecule has 2 amide bonds. The molecule has 0 spiro atoms. The number of carbonyl (C=O) groups is 2. The minimum absolute atomic E-state index is 0.104. The van der Waals surface area contributed by atoms with Crippen LogP contribution < -0.4 is 16.4 Å². The molecule has 0 aliphatic carbocycles. The zero-order valence-corrected chi connectivity index (χ0v) is 23.3. The van der Waals surface area contributed by atoms with E-state index in [1.165, 1.54) is 13.0 Å². The summed E-state index contributed by atoms with van der Waals surface area (Å²) in [4.78, 5) is 23.6. The number of amides is 2. The summed E-state index contributed by atoms with van der Waals surface area (Å²) >= 11 is 3.80. The maximum atomic E-state index is 14.4. The van der Waals surface area contributed by atoms with Crippen LogP contribution in [0.15, 0.2) is 58.6 Å². The van der Waals surface area contributed by atoms with Crippen molar-refractivity contribution in [2.24, 2.45) is 11.7 Å². The van der Waals surface area contributed by atoms with Crippen molar-refractivity contribution in [1.29, 1.82) is 0 Å². The molecule has 0 saturated carbocycles. The number of allylic oxidation sites excluding steroid dienone is 2. The summed E-state index contributed by atoms with van der Waals surface area (Å²) in [6.45, 7) is 3.31. The summed E-state index contributed by atoms with van der Waals surface area (Å²) in [6.07, 6.45) is 3.41. The first-order chi connectivity index (χ1) is 18.7. The van der Waals surface area contributed by atoms with Crippen LogP contribution in [0.5, 0.6) is 0 Å². The predicted molar refractivity (Wildman–Crippen MR) is 148 cm³/mol. The van der Waals surface area contributed by atoms with Gasteiger partial charge in [-0.05, 0) is 70.6 Å². The van der Waals surface area contributed by atoms with Crippen molar-refractivity contribution in [2.75, 3.05) is 26.2 Å². The quantitative estimate of drug-likeness (QED) is 0.411. The summed E-state index contributed by atoms with van der Waals surface area (Å²) in [7, 11) is 0. The maximum absolute atomic E-state index is 14.4. The maximum Gasteiger partial charge on any atom is 0.405 e. The second-order valence-electron chi connectivity index (χ2n) is 9.63. The summed E-state index contributed by atoms with van der Waals surface area (Å²) in [5, 5.41) is 6.18. The van der Waals surface area contributed by atoms with E-state index in [9.17, 15) is 18.4 Å². The second kappa shape index (κ2) is 12.7. The van der Waals surface area contributed by atoms with Crippen LogP contribution in [0.2, 0.25) is 0 Å². The molecule has 1 saturated heterocycles. The Bertz CT molecular complexity index is 1300. The highest BCUT2D eigenvalue weighted by molar-refractivity contribution is 9.12. The molecule has 7 nitrogen and oxygen atoms in total. The summed E-state index contributed by atoms with van der Waals surface area (Å²) in [5.74, 6) is -2.01. The number of nitrogens with one attached hydrogen (secondary N) is 2. The number of carbonyl (C=O) groups excluding carboxylic acids is 2. The van der Waals surface area contributed by atoms with Gasteiger partial charge >= 0.3 is 6.09 Å². The molecule has 1 fully saturated rings. The van der Waals surface area contributed by atoms with Crippen LogP contribution in [-0.4, -0.2) is 38.2 Å². The molecule has 0 aromatic heterocycles. The summed E-state index contributed by atoms with van der Waals surface area (Å²) in [6, 6.07) is 11.3. The van der Waals surface area contributed by atoms with Crippen LogP contribution in [0.4, 0.5) is 13.6 Å². The third-order valence-corrected chi connectivity index (χ3v) is 7.91. The van der Waals surface area contributed by atoms with Crippen LogP contribution in [0.3, 0.4) is 0 Å². The topological polar surface area (TPSA) is 103 Å². The Hall–Kier alpha value is -3.24. The predicted octanol–water partition coefficient (Wildman–Crippen LogP) is 5.04. The fraction of sp³-hybridized carbons (Fsp3) is 0.379. The molecule has 2 atom stereocenters. The molecular formula is C29H32BrF2N3O4. The Morgan fingerprint density at radius 2 is 2.03 bits per heavy atom. The van der Waals surface area contributed by atoms with E-state index in [0.29, 0.717) is 61.3 Å². The Morgan fingerprint density at radius 3 is 2.77 bits per heavy atom. The van der Waals surface area contributed by atoms with Gasteiger partial charge in [-0.2, -0.15) is 0 Å². The normalized spacial score (nSPS) is 21.7. The van der Waals surface area contributed by atoms with E-state index in [4.69, 9.17) is 15.2 Å².